The van der Waals surface area contributed by atoms with Crippen LogP contribution in [0.5, 0.6) is 0 Å². The summed E-state index contributed by atoms with van der Waals surface area (Å²) in [5.41, 5.74) is -1.26. The summed E-state index contributed by atoms with van der Waals surface area (Å²) in [6.07, 6.45) is 2.93. The number of aldehydes is 1. The molecule has 2 heterocycles. The van der Waals surface area contributed by atoms with E-state index in [0.717, 1.165) is 19.1 Å². The van der Waals surface area contributed by atoms with Gasteiger partial charge in [-0.05, 0) is 40.0 Å². The van der Waals surface area contributed by atoms with Crippen molar-refractivity contribution in [1.82, 2.24) is 4.90 Å². The Kier molecular flexibility index (Phi) is 3.85. The zero-order valence-electron chi connectivity index (χ0n) is 12.0. The molecule has 2 rings (SSSR count). The van der Waals surface area contributed by atoms with E-state index in [9.17, 15) is 9.59 Å². The van der Waals surface area contributed by atoms with Crippen molar-refractivity contribution in [3.8, 4) is 0 Å². The second kappa shape index (κ2) is 5.12. The van der Waals surface area contributed by atoms with E-state index in [-0.39, 0.29) is 12.0 Å². The van der Waals surface area contributed by atoms with Crippen LogP contribution in [0.4, 0.5) is 4.79 Å². The molecule has 2 saturated heterocycles. The lowest BCUT2D eigenvalue weighted by Gasteiger charge is -2.38. The van der Waals surface area contributed by atoms with Gasteiger partial charge >= 0.3 is 6.09 Å². The number of ether oxygens (including phenoxy) is 2. The molecular weight excluding hydrogens is 246 g/mol. The summed E-state index contributed by atoms with van der Waals surface area (Å²) in [5, 5.41) is 0. The van der Waals surface area contributed by atoms with Gasteiger partial charge in [-0.3, -0.25) is 4.90 Å². The van der Waals surface area contributed by atoms with Gasteiger partial charge in [0.2, 0.25) is 0 Å². The Labute approximate surface area is 114 Å². The molecule has 0 aromatic rings. The molecule has 19 heavy (non-hydrogen) atoms. The molecule has 0 saturated carbocycles. The van der Waals surface area contributed by atoms with Crippen LogP contribution in [0.25, 0.3) is 0 Å². The smallest absolute Gasteiger partial charge is 0.411 e. The van der Waals surface area contributed by atoms with Gasteiger partial charge in [0.15, 0.2) is 0 Å². The van der Waals surface area contributed by atoms with Crippen molar-refractivity contribution in [3.63, 3.8) is 0 Å². The minimum Gasteiger partial charge on any atom is -0.444 e. The topological polar surface area (TPSA) is 55.8 Å². The first-order chi connectivity index (χ1) is 8.89. The van der Waals surface area contributed by atoms with E-state index >= 15 is 0 Å². The standard InChI is InChI=1S/C14H23NO4/c1-13(2,3)19-12(17)15-7-4-6-14(15,10-16)11-5-8-18-9-11/h10-11H,4-9H2,1-3H3. The third-order valence-corrected chi connectivity index (χ3v) is 3.92. The Morgan fingerprint density at radius 2 is 2.21 bits per heavy atom. The minimum atomic E-state index is -0.723. The first-order valence-corrected chi connectivity index (χ1v) is 6.94. The maximum atomic E-state index is 12.3. The number of carbonyl (C=O) groups excluding carboxylic acids is 2. The van der Waals surface area contributed by atoms with E-state index in [1.807, 2.05) is 20.8 Å². The van der Waals surface area contributed by atoms with E-state index in [0.29, 0.717) is 26.2 Å². The van der Waals surface area contributed by atoms with Gasteiger partial charge < -0.3 is 14.3 Å². The predicted octanol–water partition coefficient (Wildman–Crippen LogP) is 1.99. The van der Waals surface area contributed by atoms with Crippen LogP contribution >= 0.6 is 0 Å². The highest BCUT2D eigenvalue weighted by atomic mass is 16.6. The Morgan fingerprint density at radius 3 is 2.74 bits per heavy atom. The van der Waals surface area contributed by atoms with Gasteiger partial charge in [0.25, 0.3) is 0 Å². The van der Waals surface area contributed by atoms with Crippen LogP contribution in [0.3, 0.4) is 0 Å². The molecule has 2 aliphatic rings. The van der Waals surface area contributed by atoms with E-state index in [2.05, 4.69) is 0 Å². The molecule has 2 aliphatic heterocycles. The summed E-state index contributed by atoms with van der Waals surface area (Å²) in [7, 11) is 0. The lowest BCUT2D eigenvalue weighted by Crippen LogP contribution is -2.55. The fourth-order valence-electron chi connectivity index (χ4n) is 3.01. The molecule has 0 N–H and O–H groups in total. The van der Waals surface area contributed by atoms with Gasteiger partial charge in [-0.2, -0.15) is 0 Å². The highest BCUT2D eigenvalue weighted by molar-refractivity contribution is 5.78. The van der Waals surface area contributed by atoms with Crippen molar-refractivity contribution in [3.05, 3.63) is 0 Å². The lowest BCUT2D eigenvalue weighted by atomic mass is 9.82. The first-order valence-electron chi connectivity index (χ1n) is 6.94. The number of hydrogen-bond donors (Lipinski definition) is 0. The Hall–Kier alpha value is -1.10. The highest BCUT2D eigenvalue weighted by Crippen LogP contribution is 2.39. The molecule has 0 aliphatic carbocycles. The van der Waals surface area contributed by atoms with Crippen molar-refractivity contribution in [2.45, 2.75) is 51.2 Å². The summed E-state index contributed by atoms with van der Waals surface area (Å²) >= 11 is 0. The van der Waals surface area contributed by atoms with Crippen LogP contribution in [-0.2, 0) is 14.3 Å². The fourth-order valence-corrected chi connectivity index (χ4v) is 3.01. The van der Waals surface area contributed by atoms with Crippen molar-refractivity contribution in [1.29, 1.82) is 0 Å². The van der Waals surface area contributed by atoms with Crippen molar-refractivity contribution >= 4 is 12.4 Å². The molecule has 2 atom stereocenters. The van der Waals surface area contributed by atoms with Crippen molar-refractivity contribution in [2.75, 3.05) is 19.8 Å². The van der Waals surface area contributed by atoms with Crippen LogP contribution in [-0.4, -0.2) is 48.2 Å². The molecule has 0 spiro atoms. The van der Waals surface area contributed by atoms with E-state index in [1.165, 1.54) is 0 Å². The number of likely N-dealkylation sites (tertiary alicyclic amines) is 1. The number of rotatable bonds is 2. The molecule has 0 aromatic carbocycles. The Balaban J connectivity index is 2.18. The molecule has 0 bridgehead atoms. The predicted molar refractivity (Wildman–Crippen MR) is 69.9 cm³/mol. The second-order valence-electron chi connectivity index (χ2n) is 6.41. The molecular formula is C14H23NO4. The minimum absolute atomic E-state index is 0.0972. The number of nitrogens with zero attached hydrogens (tertiary/aromatic N) is 1. The molecule has 2 unspecified atom stereocenters. The van der Waals surface area contributed by atoms with Crippen LogP contribution < -0.4 is 0 Å². The molecule has 5 heteroatoms. The average Bonchev–Trinajstić information content (AvgIpc) is 2.96. The van der Waals surface area contributed by atoms with E-state index in [4.69, 9.17) is 9.47 Å². The highest BCUT2D eigenvalue weighted by Gasteiger charge is 2.51. The molecule has 2 fully saturated rings. The summed E-state index contributed by atoms with van der Waals surface area (Å²) in [5.74, 6) is 0.0972. The number of hydrogen-bond acceptors (Lipinski definition) is 4. The second-order valence-corrected chi connectivity index (χ2v) is 6.41. The van der Waals surface area contributed by atoms with Crippen LogP contribution in [0.1, 0.15) is 40.0 Å². The first kappa shape index (κ1) is 14.3. The van der Waals surface area contributed by atoms with Gasteiger partial charge in [0, 0.05) is 19.1 Å². The summed E-state index contributed by atoms with van der Waals surface area (Å²) in [6, 6.07) is 0. The van der Waals surface area contributed by atoms with Gasteiger partial charge in [0.1, 0.15) is 17.4 Å². The Morgan fingerprint density at radius 1 is 1.47 bits per heavy atom. The largest absolute Gasteiger partial charge is 0.444 e. The molecule has 5 nitrogen and oxygen atoms in total. The molecule has 0 radical (unpaired) electrons. The fraction of sp³-hybridized carbons (Fsp3) is 0.857. The molecule has 108 valence electrons. The maximum Gasteiger partial charge on any atom is 0.411 e. The summed E-state index contributed by atoms with van der Waals surface area (Å²) in [4.78, 5) is 25.6. The van der Waals surface area contributed by atoms with Crippen LogP contribution in [0.15, 0.2) is 0 Å². The van der Waals surface area contributed by atoms with Gasteiger partial charge in [-0.25, -0.2) is 4.79 Å². The third-order valence-electron chi connectivity index (χ3n) is 3.92. The van der Waals surface area contributed by atoms with Gasteiger partial charge in [0.05, 0.1) is 6.61 Å². The van der Waals surface area contributed by atoms with Crippen molar-refractivity contribution < 1.29 is 19.1 Å². The monoisotopic (exact) mass is 269 g/mol. The quantitative estimate of drug-likeness (QED) is 0.719. The normalized spacial score (nSPS) is 31.5. The zero-order valence-corrected chi connectivity index (χ0v) is 12.0. The molecule has 0 aromatic heterocycles. The van der Waals surface area contributed by atoms with Crippen LogP contribution in [0.2, 0.25) is 0 Å². The van der Waals surface area contributed by atoms with Gasteiger partial charge in [-0.15, -0.1) is 0 Å². The summed E-state index contributed by atoms with van der Waals surface area (Å²) in [6.45, 7) is 7.32. The zero-order chi connectivity index (χ0) is 14.1. The SMILES string of the molecule is CC(C)(C)OC(=O)N1CCCC1(C=O)C1CCOC1. The summed E-state index contributed by atoms with van der Waals surface area (Å²) < 4.78 is 10.8. The lowest BCUT2D eigenvalue weighted by molar-refractivity contribution is -0.120. The Bertz CT molecular complexity index is 357. The number of carbonyl (C=O) groups is 2. The molecule has 1 amide bonds. The van der Waals surface area contributed by atoms with Gasteiger partial charge in [-0.1, -0.05) is 0 Å². The maximum absolute atomic E-state index is 12.3. The van der Waals surface area contributed by atoms with Crippen molar-refractivity contribution in [2.24, 2.45) is 5.92 Å². The number of amides is 1. The van der Waals surface area contributed by atoms with E-state index < -0.39 is 11.1 Å². The average molecular weight is 269 g/mol. The van der Waals surface area contributed by atoms with E-state index in [1.54, 1.807) is 4.90 Å². The van der Waals surface area contributed by atoms with Crippen LogP contribution in [0, 0.1) is 5.92 Å². The third kappa shape index (κ3) is 2.76.